The van der Waals surface area contributed by atoms with Crippen LogP contribution in [0.5, 0.6) is 0 Å². The molecule has 0 radical (unpaired) electrons. The molecule has 0 saturated heterocycles. The van der Waals surface area contributed by atoms with Gasteiger partial charge < -0.3 is 15.8 Å². The van der Waals surface area contributed by atoms with Crippen molar-refractivity contribution in [1.29, 1.82) is 0 Å². The summed E-state index contributed by atoms with van der Waals surface area (Å²) in [5, 5.41) is 3.03. The molecule has 4 heteroatoms. The van der Waals surface area contributed by atoms with E-state index in [4.69, 9.17) is 10.5 Å². The molecular formula is C10H23N3O. The number of aliphatic imine (C=N–C) groups is 1. The van der Waals surface area contributed by atoms with E-state index in [-0.39, 0.29) is 0 Å². The van der Waals surface area contributed by atoms with E-state index in [0.717, 1.165) is 19.6 Å². The Bertz CT molecular complexity index is 167. The van der Waals surface area contributed by atoms with Crippen LogP contribution in [0, 0.1) is 0 Å². The Morgan fingerprint density at radius 1 is 1.36 bits per heavy atom. The molecule has 0 fully saturated rings. The van der Waals surface area contributed by atoms with Gasteiger partial charge in [0.25, 0.3) is 0 Å². The van der Waals surface area contributed by atoms with Gasteiger partial charge in [-0.1, -0.05) is 0 Å². The Morgan fingerprint density at radius 2 is 2.00 bits per heavy atom. The molecule has 0 rings (SSSR count). The molecule has 0 aromatic rings. The summed E-state index contributed by atoms with van der Waals surface area (Å²) >= 11 is 0. The van der Waals surface area contributed by atoms with Gasteiger partial charge >= 0.3 is 0 Å². The molecule has 0 aliphatic rings. The third kappa shape index (κ3) is 9.32. The molecule has 0 saturated carbocycles. The first-order valence-corrected chi connectivity index (χ1v) is 5.20. The average Bonchev–Trinajstić information content (AvgIpc) is 2.01. The fourth-order valence-corrected chi connectivity index (χ4v) is 0.925. The van der Waals surface area contributed by atoms with Gasteiger partial charge in [-0.2, -0.15) is 0 Å². The van der Waals surface area contributed by atoms with Crippen LogP contribution in [0.2, 0.25) is 0 Å². The van der Waals surface area contributed by atoms with Crippen molar-refractivity contribution in [1.82, 2.24) is 5.32 Å². The molecule has 0 heterocycles. The lowest BCUT2D eigenvalue weighted by Crippen LogP contribution is -2.36. The Hall–Kier alpha value is -0.770. The second kappa shape index (κ2) is 7.62. The molecular weight excluding hydrogens is 178 g/mol. The van der Waals surface area contributed by atoms with E-state index in [0.29, 0.717) is 18.1 Å². The Labute approximate surface area is 86.9 Å². The third-order valence-corrected chi connectivity index (χ3v) is 1.47. The number of hydrogen-bond donors (Lipinski definition) is 2. The van der Waals surface area contributed by atoms with E-state index in [1.807, 2.05) is 27.7 Å². The minimum absolute atomic E-state index is 0.296. The molecule has 0 aromatic carbocycles. The quantitative estimate of drug-likeness (QED) is 0.384. The van der Waals surface area contributed by atoms with E-state index >= 15 is 0 Å². The van der Waals surface area contributed by atoms with Crippen LogP contribution in [0.3, 0.4) is 0 Å². The van der Waals surface area contributed by atoms with Crippen molar-refractivity contribution < 1.29 is 4.74 Å². The zero-order valence-corrected chi connectivity index (χ0v) is 9.71. The summed E-state index contributed by atoms with van der Waals surface area (Å²) in [6.45, 7) is 9.58. The summed E-state index contributed by atoms with van der Waals surface area (Å²) in [6, 6.07) is 0.339. The number of rotatable bonds is 6. The smallest absolute Gasteiger partial charge is 0.188 e. The van der Waals surface area contributed by atoms with Crippen molar-refractivity contribution in [3.05, 3.63) is 0 Å². The molecule has 14 heavy (non-hydrogen) atoms. The van der Waals surface area contributed by atoms with Gasteiger partial charge in [0, 0.05) is 19.2 Å². The van der Waals surface area contributed by atoms with Gasteiger partial charge in [0.15, 0.2) is 5.96 Å². The number of ether oxygens (including phenoxy) is 1. The molecule has 84 valence electrons. The lowest BCUT2D eigenvalue weighted by molar-refractivity contribution is 0.0783. The molecule has 0 aliphatic carbocycles. The molecule has 3 N–H and O–H groups in total. The minimum Gasteiger partial charge on any atom is -0.379 e. The maximum atomic E-state index is 5.61. The first kappa shape index (κ1) is 13.2. The van der Waals surface area contributed by atoms with Crippen LogP contribution in [0.15, 0.2) is 4.99 Å². The van der Waals surface area contributed by atoms with Crippen LogP contribution in [0.1, 0.15) is 34.1 Å². The summed E-state index contributed by atoms with van der Waals surface area (Å²) < 4.78 is 5.37. The summed E-state index contributed by atoms with van der Waals surface area (Å²) in [4.78, 5) is 4.16. The van der Waals surface area contributed by atoms with Crippen molar-refractivity contribution >= 4 is 5.96 Å². The van der Waals surface area contributed by atoms with Crippen molar-refractivity contribution in [2.75, 3.05) is 13.2 Å². The third-order valence-electron chi connectivity index (χ3n) is 1.47. The molecule has 0 bridgehead atoms. The van der Waals surface area contributed by atoms with E-state index in [1.54, 1.807) is 0 Å². The highest BCUT2D eigenvalue weighted by Crippen LogP contribution is 1.90. The number of nitrogens with two attached hydrogens (primary N) is 1. The predicted octanol–water partition coefficient (Wildman–Crippen LogP) is 1.11. The standard InChI is InChI=1S/C10H23N3O/c1-8(2)13-10(11)12-6-5-7-14-9(3)4/h8-9H,5-7H2,1-4H3,(H3,11,12,13). The van der Waals surface area contributed by atoms with E-state index in [9.17, 15) is 0 Å². The van der Waals surface area contributed by atoms with E-state index in [1.165, 1.54) is 0 Å². The van der Waals surface area contributed by atoms with Crippen LogP contribution in [0.4, 0.5) is 0 Å². The number of nitrogens with one attached hydrogen (secondary N) is 1. The Morgan fingerprint density at radius 3 is 2.50 bits per heavy atom. The molecule has 0 atom stereocenters. The maximum absolute atomic E-state index is 5.61. The fourth-order valence-electron chi connectivity index (χ4n) is 0.925. The lowest BCUT2D eigenvalue weighted by Gasteiger charge is -2.09. The molecule has 0 aliphatic heterocycles. The summed E-state index contributed by atoms with van der Waals surface area (Å²) in [5.41, 5.74) is 5.61. The zero-order chi connectivity index (χ0) is 11.0. The second-order valence-electron chi connectivity index (χ2n) is 3.84. The first-order chi connectivity index (χ1) is 6.52. The van der Waals surface area contributed by atoms with Gasteiger partial charge in [0.05, 0.1) is 6.10 Å². The Balaban J connectivity index is 3.41. The molecule has 0 aromatic heterocycles. The summed E-state index contributed by atoms with van der Waals surface area (Å²) in [5.74, 6) is 0.518. The van der Waals surface area contributed by atoms with Crippen molar-refractivity contribution in [2.24, 2.45) is 10.7 Å². The fraction of sp³-hybridized carbons (Fsp3) is 0.900. The average molecular weight is 201 g/mol. The van der Waals surface area contributed by atoms with Crippen molar-refractivity contribution in [3.63, 3.8) is 0 Å². The second-order valence-corrected chi connectivity index (χ2v) is 3.84. The van der Waals surface area contributed by atoms with Crippen LogP contribution in [0.25, 0.3) is 0 Å². The van der Waals surface area contributed by atoms with Gasteiger partial charge in [-0.15, -0.1) is 0 Å². The van der Waals surface area contributed by atoms with Crippen LogP contribution in [-0.2, 0) is 4.74 Å². The molecule has 4 nitrogen and oxygen atoms in total. The minimum atomic E-state index is 0.296. The SMILES string of the molecule is CC(C)NC(N)=NCCCOC(C)C. The van der Waals surface area contributed by atoms with E-state index in [2.05, 4.69) is 10.3 Å². The summed E-state index contributed by atoms with van der Waals surface area (Å²) in [7, 11) is 0. The normalized spacial score (nSPS) is 12.6. The van der Waals surface area contributed by atoms with Crippen LogP contribution < -0.4 is 11.1 Å². The highest BCUT2D eigenvalue weighted by molar-refractivity contribution is 5.77. The number of hydrogen-bond acceptors (Lipinski definition) is 2. The van der Waals surface area contributed by atoms with Crippen molar-refractivity contribution in [2.45, 2.75) is 46.3 Å². The zero-order valence-electron chi connectivity index (χ0n) is 9.71. The summed E-state index contributed by atoms with van der Waals surface area (Å²) in [6.07, 6.45) is 1.21. The molecule has 0 spiro atoms. The molecule has 0 amide bonds. The predicted molar refractivity (Wildman–Crippen MR) is 60.5 cm³/mol. The largest absolute Gasteiger partial charge is 0.379 e. The van der Waals surface area contributed by atoms with Gasteiger partial charge in [0.1, 0.15) is 0 Å². The maximum Gasteiger partial charge on any atom is 0.188 e. The topological polar surface area (TPSA) is 59.6 Å². The number of guanidine groups is 1. The van der Waals surface area contributed by atoms with Crippen LogP contribution >= 0.6 is 0 Å². The van der Waals surface area contributed by atoms with E-state index < -0.39 is 0 Å². The number of nitrogens with zero attached hydrogens (tertiary/aromatic N) is 1. The monoisotopic (exact) mass is 201 g/mol. The lowest BCUT2D eigenvalue weighted by atomic mass is 10.4. The highest BCUT2D eigenvalue weighted by Gasteiger charge is 1.95. The van der Waals surface area contributed by atoms with Gasteiger partial charge in [-0.3, -0.25) is 4.99 Å². The Kier molecular flexibility index (Phi) is 7.20. The molecule has 0 unspecified atom stereocenters. The van der Waals surface area contributed by atoms with Crippen molar-refractivity contribution in [3.8, 4) is 0 Å². The van der Waals surface area contributed by atoms with Gasteiger partial charge in [0.2, 0.25) is 0 Å². The highest BCUT2D eigenvalue weighted by atomic mass is 16.5. The van der Waals surface area contributed by atoms with Gasteiger partial charge in [-0.05, 0) is 34.1 Å². The first-order valence-electron chi connectivity index (χ1n) is 5.20. The van der Waals surface area contributed by atoms with Crippen LogP contribution in [-0.4, -0.2) is 31.3 Å². The van der Waals surface area contributed by atoms with Gasteiger partial charge in [-0.25, -0.2) is 0 Å².